The number of carbonyl (C=O) groups is 2. The minimum atomic E-state index is -0.991. The van der Waals surface area contributed by atoms with Crippen molar-refractivity contribution in [3.05, 3.63) is 58.9 Å². The summed E-state index contributed by atoms with van der Waals surface area (Å²) in [6.45, 7) is 6.67. The topological polar surface area (TPSA) is 62.5 Å². The lowest BCUT2D eigenvalue weighted by atomic mass is 10.2. The summed E-state index contributed by atoms with van der Waals surface area (Å²) >= 11 is 0. The third-order valence-corrected chi connectivity index (χ3v) is 4.09. The minimum absolute atomic E-state index is 0.216. The molecule has 1 aromatic carbocycles. The maximum absolute atomic E-state index is 12.8. The van der Waals surface area contributed by atoms with E-state index in [9.17, 15) is 9.59 Å². The van der Waals surface area contributed by atoms with Gasteiger partial charge in [0, 0.05) is 24.5 Å². The zero-order chi connectivity index (χ0) is 17.7. The number of aromatic nitrogens is 1. The Hall–Kier alpha value is -2.56. The van der Waals surface area contributed by atoms with E-state index in [1.807, 2.05) is 57.2 Å². The highest BCUT2D eigenvalue weighted by Gasteiger charge is 2.22. The van der Waals surface area contributed by atoms with Gasteiger partial charge in [0.05, 0.1) is 5.56 Å². The number of carboxylic acids is 1. The molecule has 0 saturated carbocycles. The van der Waals surface area contributed by atoms with Crippen LogP contribution >= 0.6 is 0 Å². The molecule has 1 aromatic heterocycles. The molecule has 24 heavy (non-hydrogen) atoms. The molecule has 0 aliphatic heterocycles. The molecular weight excluding hydrogens is 304 g/mol. The lowest BCUT2D eigenvalue weighted by Crippen LogP contribution is -2.36. The summed E-state index contributed by atoms with van der Waals surface area (Å²) in [5.41, 5.74) is 3.60. The largest absolute Gasteiger partial charge is 0.480 e. The monoisotopic (exact) mass is 328 g/mol. The van der Waals surface area contributed by atoms with Crippen molar-refractivity contribution < 1.29 is 14.7 Å². The highest BCUT2D eigenvalue weighted by molar-refractivity contribution is 5.97. The van der Waals surface area contributed by atoms with Crippen LogP contribution in [0.5, 0.6) is 0 Å². The van der Waals surface area contributed by atoms with Gasteiger partial charge in [-0.15, -0.1) is 0 Å². The van der Waals surface area contributed by atoms with Gasteiger partial charge < -0.3 is 14.6 Å². The molecule has 0 atom stereocenters. The summed E-state index contributed by atoms with van der Waals surface area (Å²) in [6, 6.07) is 11.9. The Kier molecular flexibility index (Phi) is 5.79. The summed E-state index contributed by atoms with van der Waals surface area (Å²) in [7, 11) is 0. The first-order valence-corrected chi connectivity index (χ1v) is 8.15. The van der Waals surface area contributed by atoms with E-state index in [1.54, 1.807) is 0 Å². The number of aryl methyl sites for hydroxylation is 1. The Balaban J connectivity index is 2.29. The van der Waals surface area contributed by atoms with Crippen molar-refractivity contribution in [1.82, 2.24) is 9.47 Å². The number of carboxylic acid groups (broad SMARTS) is 1. The lowest BCUT2D eigenvalue weighted by Gasteiger charge is -2.20. The lowest BCUT2D eigenvalue weighted by molar-refractivity contribution is -0.137. The molecule has 5 heteroatoms. The van der Waals surface area contributed by atoms with Crippen molar-refractivity contribution >= 4 is 11.9 Å². The molecule has 0 saturated heterocycles. The molecule has 128 valence electrons. The molecular formula is C19H24N2O3. The van der Waals surface area contributed by atoms with E-state index in [0.717, 1.165) is 23.4 Å². The summed E-state index contributed by atoms with van der Waals surface area (Å²) < 4.78 is 2.09. The number of rotatable bonds is 7. The first kappa shape index (κ1) is 17.8. The predicted molar refractivity (Wildman–Crippen MR) is 93.3 cm³/mol. The molecule has 0 unspecified atom stereocenters. The number of carbonyl (C=O) groups excluding carboxylic acids is 1. The number of benzene rings is 1. The van der Waals surface area contributed by atoms with Crippen molar-refractivity contribution in [3.63, 3.8) is 0 Å². The van der Waals surface area contributed by atoms with Gasteiger partial charge >= 0.3 is 5.97 Å². The van der Waals surface area contributed by atoms with Crippen LogP contribution < -0.4 is 0 Å². The third kappa shape index (κ3) is 4.04. The predicted octanol–water partition coefficient (Wildman–Crippen LogP) is 3.09. The molecule has 1 heterocycles. The normalized spacial score (nSPS) is 10.6. The van der Waals surface area contributed by atoms with Gasteiger partial charge in [0.1, 0.15) is 6.54 Å². The molecule has 0 bridgehead atoms. The van der Waals surface area contributed by atoms with Crippen molar-refractivity contribution in [2.24, 2.45) is 0 Å². The van der Waals surface area contributed by atoms with Crippen LogP contribution in [0.3, 0.4) is 0 Å². The summed E-state index contributed by atoms with van der Waals surface area (Å²) in [5.74, 6) is -1.21. The van der Waals surface area contributed by atoms with Gasteiger partial charge in [-0.2, -0.15) is 0 Å². The third-order valence-electron chi connectivity index (χ3n) is 4.09. The van der Waals surface area contributed by atoms with Crippen molar-refractivity contribution in [2.45, 2.75) is 33.7 Å². The van der Waals surface area contributed by atoms with E-state index < -0.39 is 5.97 Å². The Bertz CT molecular complexity index is 720. The van der Waals surface area contributed by atoms with Crippen LogP contribution in [0.25, 0.3) is 0 Å². The van der Waals surface area contributed by atoms with Gasteiger partial charge in [-0.1, -0.05) is 37.3 Å². The Labute approximate surface area is 142 Å². The van der Waals surface area contributed by atoms with Gasteiger partial charge in [-0.3, -0.25) is 9.59 Å². The number of nitrogens with zero attached hydrogens (tertiary/aromatic N) is 2. The second kappa shape index (κ2) is 7.81. The molecule has 5 nitrogen and oxygen atoms in total. The fourth-order valence-corrected chi connectivity index (χ4v) is 2.88. The molecule has 0 fully saturated rings. The molecule has 0 radical (unpaired) electrons. The zero-order valence-corrected chi connectivity index (χ0v) is 14.5. The fraction of sp³-hybridized carbons (Fsp3) is 0.368. The smallest absolute Gasteiger partial charge is 0.323 e. The van der Waals surface area contributed by atoms with Crippen molar-refractivity contribution in [1.29, 1.82) is 0 Å². The minimum Gasteiger partial charge on any atom is -0.480 e. The van der Waals surface area contributed by atoms with E-state index in [1.165, 1.54) is 4.90 Å². The van der Waals surface area contributed by atoms with Gasteiger partial charge in [0.25, 0.3) is 5.91 Å². The number of hydrogen-bond acceptors (Lipinski definition) is 2. The number of amides is 1. The molecule has 1 N–H and O–H groups in total. The Morgan fingerprint density at radius 1 is 1.17 bits per heavy atom. The van der Waals surface area contributed by atoms with Crippen LogP contribution in [0, 0.1) is 13.8 Å². The van der Waals surface area contributed by atoms with E-state index >= 15 is 0 Å². The standard InChI is InChI=1S/C19H24N2O3/c1-4-10-20(13-18(22)23)19(24)17-11-14(2)21(15(17)3)12-16-8-6-5-7-9-16/h5-9,11H,4,10,12-13H2,1-3H3,(H,22,23). The van der Waals surface area contributed by atoms with Crippen LogP contribution in [0.4, 0.5) is 0 Å². The highest BCUT2D eigenvalue weighted by Crippen LogP contribution is 2.19. The molecule has 0 spiro atoms. The van der Waals surface area contributed by atoms with Crippen molar-refractivity contribution in [2.75, 3.05) is 13.1 Å². The number of aliphatic carboxylic acids is 1. The van der Waals surface area contributed by atoms with E-state index in [0.29, 0.717) is 18.7 Å². The Morgan fingerprint density at radius 2 is 1.83 bits per heavy atom. The van der Waals surface area contributed by atoms with Crippen LogP contribution in [0.15, 0.2) is 36.4 Å². The van der Waals surface area contributed by atoms with Crippen LogP contribution in [0.2, 0.25) is 0 Å². The second-order valence-corrected chi connectivity index (χ2v) is 5.98. The van der Waals surface area contributed by atoms with Gasteiger partial charge in [0.2, 0.25) is 0 Å². The van der Waals surface area contributed by atoms with Gasteiger partial charge in [-0.25, -0.2) is 0 Å². The first-order chi connectivity index (χ1) is 11.4. The van der Waals surface area contributed by atoms with E-state index in [-0.39, 0.29) is 12.5 Å². The van der Waals surface area contributed by atoms with Crippen molar-refractivity contribution in [3.8, 4) is 0 Å². The molecule has 0 aliphatic carbocycles. The average Bonchev–Trinajstić information content (AvgIpc) is 2.82. The highest BCUT2D eigenvalue weighted by atomic mass is 16.4. The summed E-state index contributed by atoms with van der Waals surface area (Å²) in [5, 5.41) is 9.03. The Morgan fingerprint density at radius 3 is 2.42 bits per heavy atom. The summed E-state index contributed by atoms with van der Waals surface area (Å²) in [4.78, 5) is 25.2. The SMILES string of the molecule is CCCN(CC(=O)O)C(=O)c1cc(C)n(Cc2ccccc2)c1C. The fourth-order valence-electron chi connectivity index (χ4n) is 2.88. The molecule has 2 aromatic rings. The zero-order valence-electron chi connectivity index (χ0n) is 14.5. The van der Waals surface area contributed by atoms with E-state index in [4.69, 9.17) is 5.11 Å². The molecule has 0 aliphatic rings. The van der Waals surface area contributed by atoms with Gasteiger partial charge in [-0.05, 0) is 31.9 Å². The summed E-state index contributed by atoms with van der Waals surface area (Å²) in [6.07, 6.45) is 0.724. The molecule has 2 rings (SSSR count). The van der Waals surface area contributed by atoms with Crippen LogP contribution in [-0.2, 0) is 11.3 Å². The maximum Gasteiger partial charge on any atom is 0.323 e. The second-order valence-electron chi connectivity index (χ2n) is 5.98. The first-order valence-electron chi connectivity index (χ1n) is 8.15. The molecule has 1 amide bonds. The van der Waals surface area contributed by atoms with Crippen LogP contribution in [-0.4, -0.2) is 39.5 Å². The average molecular weight is 328 g/mol. The number of hydrogen-bond donors (Lipinski definition) is 1. The maximum atomic E-state index is 12.8. The van der Waals surface area contributed by atoms with Crippen LogP contribution in [0.1, 0.15) is 40.7 Å². The van der Waals surface area contributed by atoms with Gasteiger partial charge in [0.15, 0.2) is 0 Å². The van der Waals surface area contributed by atoms with E-state index in [2.05, 4.69) is 4.57 Å². The quantitative estimate of drug-likeness (QED) is 0.849.